The lowest BCUT2D eigenvalue weighted by Gasteiger charge is -2.17. The number of hydrogen-bond acceptors (Lipinski definition) is 6. The summed E-state index contributed by atoms with van der Waals surface area (Å²) >= 11 is 6.00. The first kappa shape index (κ1) is 8.81. The summed E-state index contributed by atoms with van der Waals surface area (Å²) in [5.41, 5.74) is 8.08. The van der Waals surface area contributed by atoms with E-state index in [0.29, 0.717) is 10.8 Å². The quantitative estimate of drug-likeness (QED) is 0.673. The van der Waals surface area contributed by atoms with Crippen molar-refractivity contribution in [2.24, 2.45) is 0 Å². The second kappa shape index (κ2) is 2.56. The molecule has 0 fully saturated rings. The maximum atomic E-state index is 6.00. The number of hydrogen-bond donors (Lipinski definition) is 2. The van der Waals surface area contributed by atoms with Gasteiger partial charge in [0.1, 0.15) is 0 Å². The SMILES string of the molecule is CC1(C)NNc2c(Cl)nn3nnnc3c21. The molecule has 3 heterocycles. The van der Waals surface area contributed by atoms with Crippen molar-refractivity contribution in [3.63, 3.8) is 0 Å². The zero-order valence-corrected chi connectivity index (χ0v) is 8.87. The smallest absolute Gasteiger partial charge is 0.207 e. The minimum atomic E-state index is -0.280. The maximum Gasteiger partial charge on any atom is 0.207 e. The number of fused-ring (bicyclic) bond motifs is 3. The number of nitrogens with zero attached hydrogens (tertiary/aromatic N) is 5. The molecule has 15 heavy (non-hydrogen) atoms. The van der Waals surface area contributed by atoms with Gasteiger partial charge in [0.2, 0.25) is 5.65 Å². The van der Waals surface area contributed by atoms with Gasteiger partial charge in [-0.15, -0.1) is 14.8 Å². The summed E-state index contributed by atoms with van der Waals surface area (Å²) in [6, 6.07) is 0. The van der Waals surface area contributed by atoms with Crippen LogP contribution in [0.15, 0.2) is 0 Å². The second-order valence-corrected chi connectivity index (χ2v) is 4.27. The summed E-state index contributed by atoms with van der Waals surface area (Å²) in [6.45, 7) is 4.02. The molecule has 2 aromatic rings. The van der Waals surface area contributed by atoms with E-state index >= 15 is 0 Å². The van der Waals surface area contributed by atoms with Crippen LogP contribution in [-0.4, -0.2) is 25.3 Å². The molecule has 78 valence electrons. The molecule has 0 saturated heterocycles. The van der Waals surface area contributed by atoms with Crippen molar-refractivity contribution in [1.29, 1.82) is 0 Å². The molecular formula is C7H8ClN7. The Labute approximate surface area is 89.8 Å². The number of aromatic nitrogens is 5. The lowest BCUT2D eigenvalue weighted by Crippen LogP contribution is -2.33. The normalized spacial score (nSPS) is 17.8. The Morgan fingerprint density at radius 2 is 2.20 bits per heavy atom. The molecule has 1 aliphatic rings. The van der Waals surface area contributed by atoms with Crippen LogP contribution in [0.4, 0.5) is 5.69 Å². The molecule has 0 spiro atoms. The molecule has 0 saturated carbocycles. The third kappa shape index (κ3) is 1.04. The Hall–Kier alpha value is -1.47. The largest absolute Gasteiger partial charge is 0.317 e. The van der Waals surface area contributed by atoms with Crippen LogP contribution in [0.1, 0.15) is 19.4 Å². The summed E-state index contributed by atoms with van der Waals surface area (Å²) in [4.78, 5) is 0. The van der Waals surface area contributed by atoms with Crippen LogP contribution >= 0.6 is 11.6 Å². The topological polar surface area (TPSA) is 80.0 Å². The molecule has 0 aromatic carbocycles. The highest BCUT2D eigenvalue weighted by Crippen LogP contribution is 2.38. The van der Waals surface area contributed by atoms with E-state index in [2.05, 4.69) is 31.5 Å². The van der Waals surface area contributed by atoms with Crippen LogP contribution in [0, 0.1) is 0 Å². The van der Waals surface area contributed by atoms with Gasteiger partial charge in [0.15, 0.2) is 5.15 Å². The standard InChI is InChI=1S/C7H8ClN7/c1-7(2)3-4(9-12-7)5(8)11-15-6(3)10-13-14-15/h9,12H,1-2H3. The monoisotopic (exact) mass is 225 g/mol. The molecule has 8 heteroatoms. The van der Waals surface area contributed by atoms with Gasteiger partial charge in [-0.1, -0.05) is 11.6 Å². The Balaban J connectivity index is 2.47. The highest BCUT2D eigenvalue weighted by molar-refractivity contribution is 6.32. The summed E-state index contributed by atoms with van der Waals surface area (Å²) in [5, 5.41) is 15.6. The molecule has 0 radical (unpaired) electrons. The Kier molecular flexibility index (Phi) is 1.50. The van der Waals surface area contributed by atoms with Crippen LogP contribution in [0.25, 0.3) is 5.65 Å². The zero-order valence-electron chi connectivity index (χ0n) is 8.11. The van der Waals surface area contributed by atoms with Crippen LogP contribution in [0.2, 0.25) is 5.15 Å². The lowest BCUT2D eigenvalue weighted by atomic mass is 9.97. The minimum Gasteiger partial charge on any atom is -0.317 e. The highest BCUT2D eigenvalue weighted by atomic mass is 35.5. The fraction of sp³-hybridized carbons (Fsp3) is 0.429. The van der Waals surface area contributed by atoms with Gasteiger partial charge in [-0.05, 0) is 24.3 Å². The van der Waals surface area contributed by atoms with E-state index in [1.807, 2.05) is 13.8 Å². The van der Waals surface area contributed by atoms with Crippen molar-refractivity contribution >= 4 is 22.9 Å². The number of anilines is 1. The second-order valence-electron chi connectivity index (χ2n) is 3.91. The van der Waals surface area contributed by atoms with Gasteiger partial charge < -0.3 is 5.43 Å². The molecule has 0 aliphatic carbocycles. The van der Waals surface area contributed by atoms with Crippen LogP contribution < -0.4 is 10.9 Å². The minimum absolute atomic E-state index is 0.280. The number of tetrazole rings is 1. The van der Waals surface area contributed by atoms with Gasteiger partial charge in [-0.25, -0.2) is 5.43 Å². The van der Waals surface area contributed by atoms with Crippen molar-refractivity contribution in [3.05, 3.63) is 10.7 Å². The van der Waals surface area contributed by atoms with E-state index in [-0.39, 0.29) is 5.54 Å². The van der Waals surface area contributed by atoms with Crippen molar-refractivity contribution in [1.82, 2.24) is 30.7 Å². The van der Waals surface area contributed by atoms with Crippen molar-refractivity contribution in [3.8, 4) is 0 Å². The summed E-state index contributed by atoms with van der Waals surface area (Å²) < 4.78 is 1.33. The van der Waals surface area contributed by atoms with Crippen LogP contribution in [-0.2, 0) is 5.54 Å². The van der Waals surface area contributed by atoms with E-state index < -0.39 is 0 Å². The zero-order chi connectivity index (χ0) is 10.6. The number of halogens is 1. The van der Waals surface area contributed by atoms with E-state index in [1.165, 1.54) is 4.63 Å². The van der Waals surface area contributed by atoms with Gasteiger partial charge in [-0.2, -0.15) is 0 Å². The molecule has 2 aromatic heterocycles. The number of hydrazine groups is 1. The fourth-order valence-electron chi connectivity index (χ4n) is 1.74. The first-order valence-corrected chi connectivity index (χ1v) is 4.79. The van der Waals surface area contributed by atoms with Gasteiger partial charge in [0.25, 0.3) is 0 Å². The van der Waals surface area contributed by atoms with Gasteiger partial charge in [0.05, 0.1) is 11.2 Å². The predicted molar refractivity (Wildman–Crippen MR) is 53.4 cm³/mol. The van der Waals surface area contributed by atoms with Crippen molar-refractivity contribution in [2.45, 2.75) is 19.4 Å². The molecule has 0 bridgehead atoms. The third-order valence-corrected chi connectivity index (χ3v) is 2.71. The molecular weight excluding hydrogens is 218 g/mol. The molecule has 1 aliphatic heterocycles. The first-order chi connectivity index (χ1) is 7.09. The van der Waals surface area contributed by atoms with E-state index in [9.17, 15) is 0 Å². The Morgan fingerprint density at radius 3 is 3.00 bits per heavy atom. The summed E-state index contributed by atoms with van der Waals surface area (Å²) in [6.07, 6.45) is 0. The number of nitrogens with one attached hydrogen (secondary N) is 2. The highest BCUT2D eigenvalue weighted by Gasteiger charge is 2.35. The Bertz CT molecular complexity index is 546. The Morgan fingerprint density at radius 1 is 1.40 bits per heavy atom. The lowest BCUT2D eigenvalue weighted by molar-refractivity contribution is 0.471. The molecule has 2 N–H and O–H groups in total. The predicted octanol–water partition coefficient (Wildman–Crippen LogP) is 0.338. The van der Waals surface area contributed by atoms with Gasteiger partial charge >= 0.3 is 0 Å². The maximum absolute atomic E-state index is 6.00. The fourth-order valence-corrected chi connectivity index (χ4v) is 1.95. The first-order valence-electron chi connectivity index (χ1n) is 4.41. The molecule has 7 nitrogen and oxygen atoms in total. The van der Waals surface area contributed by atoms with Crippen LogP contribution in [0.5, 0.6) is 0 Å². The van der Waals surface area contributed by atoms with Gasteiger partial charge in [0, 0.05) is 5.56 Å². The summed E-state index contributed by atoms with van der Waals surface area (Å²) in [7, 11) is 0. The van der Waals surface area contributed by atoms with E-state index in [1.54, 1.807) is 0 Å². The molecule has 0 atom stereocenters. The van der Waals surface area contributed by atoms with Crippen molar-refractivity contribution in [2.75, 3.05) is 5.43 Å². The summed E-state index contributed by atoms with van der Waals surface area (Å²) in [5.74, 6) is 0. The van der Waals surface area contributed by atoms with Crippen LogP contribution in [0.3, 0.4) is 0 Å². The van der Waals surface area contributed by atoms with E-state index in [4.69, 9.17) is 11.6 Å². The molecule has 0 unspecified atom stereocenters. The average Bonchev–Trinajstić information content (AvgIpc) is 2.70. The van der Waals surface area contributed by atoms with E-state index in [0.717, 1.165) is 11.3 Å². The van der Waals surface area contributed by atoms with Crippen molar-refractivity contribution < 1.29 is 0 Å². The molecule has 3 rings (SSSR count). The van der Waals surface area contributed by atoms with Gasteiger partial charge in [-0.3, -0.25) is 0 Å². The average molecular weight is 226 g/mol. The number of rotatable bonds is 0. The third-order valence-electron chi connectivity index (χ3n) is 2.44. The molecule has 0 amide bonds.